The first-order valence-corrected chi connectivity index (χ1v) is 5.46. The van der Waals surface area contributed by atoms with E-state index in [4.69, 9.17) is 5.26 Å². The summed E-state index contributed by atoms with van der Waals surface area (Å²) < 4.78 is 0. The monoisotopic (exact) mass is 188 g/mol. The molecule has 0 saturated heterocycles. The summed E-state index contributed by atoms with van der Waals surface area (Å²) in [5.74, 6) is 0.842. The highest BCUT2D eigenvalue weighted by molar-refractivity contribution is 5.24. The van der Waals surface area contributed by atoms with Crippen molar-refractivity contribution in [1.82, 2.24) is 4.98 Å². The lowest BCUT2D eigenvalue weighted by molar-refractivity contribution is 0.354. The van der Waals surface area contributed by atoms with E-state index in [2.05, 4.69) is 11.1 Å². The second-order valence-corrected chi connectivity index (χ2v) is 4.22. The second kappa shape index (κ2) is 4.32. The number of nitriles is 1. The van der Waals surface area contributed by atoms with Crippen LogP contribution >= 0.6 is 0 Å². The molecule has 1 aliphatic rings. The van der Waals surface area contributed by atoms with Crippen LogP contribution < -0.4 is 0 Å². The molecule has 0 unspecified atom stereocenters. The van der Waals surface area contributed by atoms with E-state index >= 15 is 0 Å². The van der Waals surface area contributed by atoms with Crippen LogP contribution in [0.5, 0.6) is 0 Å². The summed E-state index contributed by atoms with van der Waals surface area (Å²) in [7, 11) is 0. The van der Waals surface area contributed by atoms with E-state index in [0.717, 1.165) is 12.3 Å². The van der Waals surface area contributed by atoms with E-state index in [-0.39, 0.29) is 0 Å². The first-order chi connectivity index (χ1) is 6.88. The van der Waals surface area contributed by atoms with Gasteiger partial charge in [-0.1, -0.05) is 32.1 Å². The van der Waals surface area contributed by atoms with Gasteiger partial charge in [-0.25, -0.2) is 0 Å². The molecule has 0 amide bonds. The first-order valence-electron chi connectivity index (χ1n) is 5.46. The zero-order chi connectivity index (χ0) is 9.80. The van der Waals surface area contributed by atoms with E-state index in [1.165, 1.54) is 37.8 Å². The van der Waals surface area contributed by atoms with Crippen molar-refractivity contribution in [1.29, 1.82) is 5.26 Å². The highest BCUT2D eigenvalue weighted by Crippen LogP contribution is 2.26. The molecule has 0 bridgehead atoms. The summed E-state index contributed by atoms with van der Waals surface area (Å²) in [6.45, 7) is 0. The molecular weight excluding hydrogens is 172 g/mol. The predicted octanol–water partition coefficient (Wildman–Crippen LogP) is 3.01. The summed E-state index contributed by atoms with van der Waals surface area (Å²) in [6.07, 6.45) is 8.03. The van der Waals surface area contributed by atoms with Crippen molar-refractivity contribution in [3.63, 3.8) is 0 Å². The number of rotatable bonds is 2. The summed E-state index contributed by atoms with van der Waals surface area (Å²) in [5, 5.41) is 8.68. The van der Waals surface area contributed by atoms with Crippen LogP contribution in [0.15, 0.2) is 12.1 Å². The molecule has 1 aliphatic carbocycles. The van der Waals surface area contributed by atoms with Crippen molar-refractivity contribution >= 4 is 0 Å². The molecule has 1 fully saturated rings. The number of hydrogen-bond acceptors (Lipinski definition) is 1. The van der Waals surface area contributed by atoms with Crippen LogP contribution in [0.4, 0.5) is 0 Å². The summed E-state index contributed by atoms with van der Waals surface area (Å²) in [4.78, 5) is 3.15. The molecule has 74 valence electrons. The minimum absolute atomic E-state index is 0.691. The van der Waals surface area contributed by atoms with Gasteiger partial charge in [0.1, 0.15) is 11.8 Å². The van der Waals surface area contributed by atoms with Gasteiger partial charge in [0.05, 0.1) is 0 Å². The maximum Gasteiger partial charge on any atom is 0.117 e. The molecule has 1 aromatic heterocycles. The largest absolute Gasteiger partial charge is 0.350 e. The molecular formula is C12H16N2. The number of nitrogens with one attached hydrogen (secondary N) is 1. The Hall–Kier alpha value is -1.23. The normalized spacial score (nSPS) is 17.9. The Morgan fingerprint density at radius 2 is 2.07 bits per heavy atom. The lowest BCUT2D eigenvalue weighted by Crippen LogP contribution is -2.09. The topological polar surface area (TPSA) is 39.6 Å². The number of aromatic nitrogens is 1. The van der Waals surface area contributed by atoms with Crippen LogP contribution in [0.2, 0.25) is 0 Å². The number of aromatic amines is 1. The number of hydrogen-bond donors (Lipinski definition) is 1. The van der Waals surface area contributed by atoms with Gasteiger partial charge in [-0.15, -0.1) is 0 Å². The first kappa shape index (κ1) is 9.33. The molecule has 0 aliphatic heterocycles. The smallest absolute Gasteiger partial charge is 0.117 e. The van der Waals surface area contributed by atoms with Gasteiger partial charge < -0.3 is 4.98 Å². The standard InChI is InChI=1S/C12H16N2/c13-9-12-7-6-11(14-12)8-10-4-2-1-3-5-10/h6-7,10,14H,1-5,8H2. The van der Waals surface area contributed by atoms with Gasteiger partial charge in [-0.2, -0.15) is 5.26 Å². The van der Waals surface area contributed by atoms with E-state index in [1.54, 1.807) is 0 Å². The lowest BCUT2D eigenvalue weighted by atomic mass is 9.86. The summed E-state index contributed by atoms with van der Waals surface area (Å²) in [6, 6.07) is 6.05. The third kappa shape index (κ3) is 2.17. The second-order valence-electron chi connectivity index (χ2n) is 4.22. The van der Waals surface area contributed by atoms with Gasteiger partial charge in [0.2, 0.25) is 0 Å². The molecule has 0 radical (unpaired) electrons. The van der Waals surface area contributed by atoms with Gasteiger partial charge in [0, 0.05) is 5.69 Å². The van der Waals surface area contributed by atoms with E-state index in [1.807, 2.05) is 12.1 Å². The third-order valence-corrected chi connectivity index (χ3v) is 3.10. The summed E-state index contributed by atoms with van der Waals surface area (Å²) >= 11 is 0. The van der Waals surface area contributed by atoms with Crippen LogP contribution in [0.3, 0.4) is 0 Å². The van der Waals surface area contributed by atoms with Gasteiger partial charge in [-0.3, -0.25) is 0 Å². The van der Waals surface area contributed by atoms with Crippen molar-refractivity contribution < 1.29 is 0 Å². The summed E-state index contributed by atoms with van der Waals surface area (Å²) in [5.41, 5.74) is 1.92. The molecule has 1 saturated carbocycles. The van der Waals surface area contributed by atoms with Gasteiger partial charge in [0.15, 0.2) is 0 Å². The average molecular weight is 188 g/mol. The Kier molecular flexibility index (Phi) is 2.88. The predicted molar refractivity (Wildman–Crippen MR) is 55.8 cm³/mol. The maximum atomic E-state index is 8.68. The Morgan fingerprint density at radius 3 is 2.71 bits per heavy atom. The molecule has 14 heavy (non-hydrogen) atoms. The van der Waals surface area contributed by atoms with E-state index < -0.39 is 0 Å². The molecule has 2 nitrogen and oxygen atoms in total. The fraction of sp³-hybridized carbons (Fsp3) is 0.583. The Balaban J connectivity index is 1.93. The Morgan fingerprint density at radius 1 is 1.29 bits per heavy atom. The molecule has 0 atom stereocenters. The van der Waals surface area contributed by atoms with Crippen LogP contribution in [0.1, 0.15) is 43.5 Å². The van der Waals surface area contributed by atoms with Crippen LogP contribution in [0, 0.1) is 17.2 Å². The maximum absolute atomic E-state index is 8.68. The van der Waals surface area contributed by atoms with Crippen LogP contribution in [0.25, 0.3) is 0 Å². The third-order valence-electron chi connectivity index (χ3n) is 3.10. The van der Waals surface area contributed by atoms with Crippen molar-refractivity contribution in [3.8, 4) is 6.07 Å². The fourth-order valence-electron chi connectivity index (χ4n) is 2.33. The SMILES string of the molecule is N#Cc1ccc(CC2CCCCC2)[nH]1. The molecule has 1 aromatic rings. The minimum Gasteiger partial charge on any atom is -0.350 e. The van der Waals surface area contributed by atoms with Crippen molar-refractivity contribution in [3.05, 3.63) is 23.5 Å². The number of H-pyrrole nitrogens is 1. The zero-order valence-corrected chi connectivity index (χ0v) is 8.42. The van der Waals surface area contributed by atoms with E-state index in [0.29, 0.717) is 5.69 Å². The molecule has 1 N–H and O–H groups in total. The fourth-order valence-corrected chi connectivity index (χ4v) is 2.33. The average Bonchev–Trinajstić information content (AvgIpc) is 2.67. The highest BCUT2D eigenvalue weighted by Gasteiger charge is 2.14. The Bertz CT molecular complexity index is 326. The quantitative estimate of drug-likeness (QED) is 0.761. The van der Waals surface area contributed by atoms with Crippen molar-refractivity contribution in [2.45, 2.75) is 38.5 Å². The van der Waals surface area contributed by atoms with Crippen LogP contribution in [-0.4, -0.2) is 4.98 Å². The van der Waals surface area contributed by atoms with Crippen molar-refractivity contribution in [2.75, 3.05) is 0 Å². The Labute approximate surface area is 84.9 Å². The molecule has 2 rings (SSSR count). The molecule has 0 spiro atoms. The van der Waals surface area contributed by atoms with Gasteiger partial charge >= 0.3 is 0 Å². The molecule has 2 heteroatoms. The zero-order valence-electron chi connectivity index (χ0n) is 8.42. The highest BCUT2D eigenvalue weighted by atomic mass is 14.7. The minimum atomic E-state index is 0.691. The van der Waals surface area contributed by atoms with Crippen molar-refractivity contribution in [2.24, 2.45) is 5.92 Å². The van der Waals surface area contributed by atoms with Crippen LogP contribution in [-0.2, 0) is 6.42 Å². The van der Waals surface area contributed by atoms with Gasteiger partial charge in [0.25, 0.3) is 0 Å². The number of nitrogens with zero attached hydrogens (tertiary/aromatic N) is 1. The van der Waals surface area contributed by atoms with Gasteiger partial charge in [-0.05, 0) is 24.5 Å². The lowest BCUT2D eigenvalue weighted by Gasteiger charge is -2.20. The molecule has 0 aromatic carbocycles. The van der Waals surface area contributed by atoms with E-state index in [9.17, 15) is 0 Å². The molecule has 1 heterocycles.